The normalized spacial score (nSPS) is 21.4. The first kappa shape index (κ1) is 20.9. The number of piperidine rings is 1. The molecule has 1 unspecified atom stereocenters. The van der Waals surface area contributed by atoms with Gasteiger partial charge >= 0.3 is 6.03 Å². The summed E-state index contributed by atoms with van der Waals surface area (Å²) in [6.07, 6.45) is 6.95. The Bertz CT molecular complexity index is 807. The topological polar surface area (TPSA) is 61.6 Å². The van der Waals surface area contributed by atoms with Gasteiger partial charge < -0.3 is 14.7 Å². The molecule has 1 atom stereocenters. The Balaban J connectivity index is 1.38. The minimum Gasteiger partial charge on any atom is -0.361 e. The van der Waals surface area contributed by atoms with E-state index >= 15 is 0 Å². The minimum absolute atomic E-state index is 0.0613. The summed E-state index contributed by atoms with van der Waals surface area (Å²) < 4.78 is 5.33. The van der Waals surface area contributed by atoms with Gasteiger partial charge in [0.1, 0.15) is 5.76 Å². The molecule has 4 rings (SSSR count). The van der Waals surface area contributed by atoms with E-state index in [4.69, 9.17) is 4.52 Å². The molecular formula is C24H34N4O2. The second-order valence-electron chi connectivity index (χ2n) is 8.82. The quantitative estimate of drug-likeness (QED) is 0.772. The smallest absolute Gasteiger partial charge is 0.322 e. The van der Waals surface area contributed by atoms with Gasteiger partial charge in [0, 0.05) is 30.4 Å². The summed E-state index contributed by atoms with van der Waals surface area (Å²) in [6, 6.07) is 10.2. The van der Waals surface area contributed by atoms with Crippen LogP contribution in [0, 0.1) is 19.8 Å². The standard InChI is InChI=1S/C24H34N4O2/c1-18-22(19(2)30-26-18)17-27-15-12-20(13-16-27)23-11-7-4-8-14-28(23)24(29)25-21-9-5-3-6-10-21/h3,5-6,9-10,20,23H,4,7-8,11-17H2,1-2H3,(H,25,29). The Hall–Kier alpha value is -2.34. The van der Waals surface area contributed by atoms with Crippen molar-refractivity contribution in [1.82, 2.24) is 15.0 Å². The maximum Gasteiger partial charge on any atom is 0.322 e. The van der Waals surface area contributed by atoms with Gasteiger partial charge in [0.05, 0.1) is 5.69 Å². The molecule has 2 aliphatic heterocycles. The van der Waals surface area contributed by atoms with E-state index < -0.39 is 0 Å². The SMILES string of the molecule is Cc1noc(C)c1CN1CCC(C2CCCCCN2C(=O)Nc2ccccc2)CC1. The van der Waals surface area contributed by atoms with E-state index in [1.54, 1.807) is 0 Å². The number of rotatable bonds is 4. The average Bonchev–Trinajstić information content (AvgIpc) is 2.96. The molecule has 2 aromatic rings. The fourth-order valence-corrected chi connectivity index (χ4v) is 5.04. The fourth-order valence-electron chi connectivity index (χ4n) is 5.04. The third-order valence-electron chi connectivity index (χ3n) is 6.82. The zero-order valence-electron chi connectivity index (χ0n) is 18.3. The second-order valence-corrected chi connectivity index (χ2v) is 8.82. The zero-order chi connectivity index (χ0) is 20.9. The predicted octanol–water partition coefficient (Wildman–Crippen LogP) is 4.98. The van der Waals surface area contributed by atoms with Gasteiger partial charge in [-0.25, -0.2) is 4.79 Å². The number of para-hydroxylation sites is 1. The van der Waals surface area contributed by atoms with E-state index in [1.165, 1.54) is 18.4 Å². The number of aromatic nitrogens is 1. The molecule has 0 aliphatic carbocycles. The van der Waals surface area contributed by atoms with Crippen molar-refractivity contribution in [3.05, 3.63) is 47.3 Å². The third-order valence-corrected chi connectivity index (χ3v) is 6.82. The molecule has 0 radical (unpaired) electrons. The number of nitrogens with one attached hydrogen (secondary N) is 1. The number of hydrogen-bond donors (Lipinski definition) is 1. The van der Waals surface area contributed by atoms with Crippen LogP contribution in [0.1, 0.15) is 55.5 Å². The van der Waals surface area contributed by atoms with Crippen LogP contribution in [0.25, 0.3) is 0 Å². The Kier molecular flexibility index (Phi) is 6.72. The molecule has 1 aromatic carbocycles. The third kappa shape index (κ3) is 4.86. The molecule has 0 bridgehead atoms. The highest BCUT2D eigenvalue weighted by Gasteiger charge is 2.34. The summed E-state index contributed by atoms with van der Waals surface area (Å²) >= 11 is 0. The molecule has 30 heavy (non-hydrogen) atoms. The first-order valence-corrected chi connectivity index (χ1v) is 11.4. The van der Waals surface area contributed by atoms with Crippen LogP contribution in [0.3, 0.4) is 0 Å². The molecular weight excluding hydrogens is 376 g/mol. The first-order valence-electron chi connectivity index (χ1n) is 11.4. The number of carbonyl (C=O) groups excluding carboxylic acids is 1. The van der Waals surface area contributed by atoms with Crippen LogP contribution in [-0.4, -0.2) is 46.7 Å². The number of amides is 2. The van der Waals surface area contributed by atoms with Crippen molar-refractivity contribution in [1.29, 1.82) is 0 Å². The van der Waals surface area contributed by atoms with Crippen LogP contribution in [-0.2, 0) is 6.54 Å². The van der Waals surface area contributed by atoms with Crippen molar-refractivity contribution in [2.45, 2.75) is 65.0 Å². The Morgan fingerprint density at radius 1 is 1.07 bits per heavy atom. The molecule has 3 heterocycles. The van der Waals surface area contributed by atoms with E-state index in [9.17, 15) is 4.79 Å². The van der Waals surface area contributed by atoms with Crippen molar-refractivity contribution in [3.63, 3.8) is 0 Å². The number of hydrogen-bond acceptors (Lipinski definition) is 4. The lowest BCUT2D eigenvalue weighted by Gasteiger charge is -2.40. The maximum atomic E-state index is 13.1. The zero-order valence-corrected chi connectivity index (χ0v) is 18.3. The molecule has 2 amide bonds. The maximum absolute atomic E-state index is 13.1. The van der Waals surface area contributed by atoms with Gasteiger partial charge in [-0.2, -0.15) is 0 Å². The number of anilines is 1. The van der Waals surface area contributed by atoms with Gasteiger partial charge in [-0.05, 0) is 70.7 Å². The van der Waals surface area contributed by atoms with Crippen molar-refractivity contribution < 1.29 is 9.32 Å². The monoisotopic (exact) mass is 410 g/mol. The van der Waals surface area contributed by atoms with Crippen LogP contribution in [0.5, 0.6) is 0 Å². The van der Waals surface area contributed by atoms with Crippen LogP contribution in [0.4, 0.5) is 10.5 Å². The largest absolute Gasteiger partial charge is 0.361 e. The molecule has 1 N–H and O–H groups in total. The van der Waals surface area contributed by atoms with Crippen LogP contribution < -0.4 is 5.32 Å². The summed E-state index contributed by atoms with van der Waals surface area (Å²) in [6.45, 7) is 7.93. The predicted molar refractivity (Wildman–Crippen MR) is 118 cm³/mol. The number of benzene rings is 1. The van der Waals surface area contributed by atoms with E-state index in [-0.39, 0.29) is 6.03 Å². The Morgan fingerprint density at radius 3 is 2.53 bits per heavy atom. The van der Waals surface area contributed by atoms with Crippen molar-refractivity contribution in [2.24, 2.45) is 5.92 Å². The van der Waals surface area contributed by atoms with E-state index in [0.29, 0.717) is 12.0 Å². The molecule has 162 valence electrons. The number of nitrogens with zero attached hydrogens (tertiary/aromatic N) is 3. The van der Waals surface area contributed by atoms with Crippen molar-refractivity contribution in [2.75, 3.05) is 25.0 Å². The van der Waals surface area contributed by atoms with Crippen LogP contribution in [0.2, 0.25) is 0 Å². The summed E-state index contributed by atoms with van der Waals surface area (Å²) in [5.74, 6) is 1.51. The van der Waals surface area contributed by atoms with Crippen LogP contribution >= 0.6 is 0 Å². The lowest BCUT2D eigenvalue weighted by atomic mass is 9.86. The van der Waals surface area contributed by atoms with Crippen molar-refractivity contribution in [3.8, 4) is 0 Å². The van der Waals surface area contributed by atoms with Crippen LogP contribution in [0.15, 0.2) is 34.9 Å². The number of aryl methyl sites for hydroxylation is 2. The summed E-state index contributed by atoms with van der Waals surface area (Å²) in [4.78, 5) is 17.8. The molecule has 0 saturated carbocycles. The first-order chi connectivity index (χ1) is 14.6. The van der Waals surface area contributed by atoms with E-state index in [1.807, 2.05) is 44.2 Å². The summed E-state index contributed by atoms with van der Waals surface area (Å²) in [5.41, 5.74) is 3.11. The minimum atomic E-state index is 0.0613. The lowest BCUT2D eigenvalue weighted by molar-refractivity contribution is 0.103. The van der Waals surface area contributed by atoms with Gasteiger partial charge in [-0.3, -0.25) is 4.90 Å². The molecule has 6 nitrogen and oxygen atoms in total. The number of likely N-dealkylation sites (tertiary alicyclic amines) is 2. The second kappa shape index (κ2) is 9.65. The molecule has 0 spiro atoms. The molecule has 6 heteroatoms. The highest BCUT2D eigenvalue weighted by molar-refractivity contribution is 5.89. The molecule has 1 aromatic heterocycles. The fraction of sp³-hybridized carbons (Fsp3) is 0.583. The number of urea groups is 1. The molecule has 2 saturated heterocycles. The van der Waals surface area contributed by atoms with Gasteiger partial charge in [-0.1, -0.05) is 36.2 Å². The number of carbonyl (C=O) groups is 1. The molecule has 2 fully saturated rings. The summed E-state index contributed by atoms with van der Waals surface area (Å²) in [7, 11) is 0. The molecule has 2 aliphatic rings. The van der Waals surface area contributed by atoms with Gasteiger partial charge in [-0.15, -0.1) is 0 Å². The van der Waals surface area contributed by atoms with Gasteiger partial charge in [0.25, 0.3) is 0 Å². The highest BCUT2D eigenvalue weighted by atomic mass is 16.5. The van der Waals surface area contributed by atoms with E-state index in [2.05, 4.69) is 20.3 Å². The average molecular weight is 411 g/mol. The van der Waals surface area contributed by atoms with E-state index in [0.717, 1.165) is 69.0 Å². The lowest BCUT2D eigenvalue weighted by Crippen LogP contribution is -2.49. The van der Waals surface area contributed by atoms with Crippen molar-refractivity contribution >= 4 is 11.7 Å². The Labute approximate surface area is 179 Å². The Morgan fingerprint density at radius 2 is 1.83 bits per heavy atom. The summed E-state index contributed by atoms with van der Waals surface area (Å²) in [5, 5.41) is 7.21. The van der Waals surface area contributed by atoms with Gasteiger partial charge in [0.2, 0.25) is 0 Å². The van der Waals surface area contributed by atoms with Gasteiger partial charge in [0.15, 0.2) is 0 Å². The highest BCUT2D eigenvalue weighted by Crippen LogP contribution is 2.31.